The van der Waals surface area contributed by atoms with Gasteiger partial charge in [-0.05, 0) is 9.91 Å². The van der Waals surface area contributed by atoms with E-state index in [1.54, 1.807) is 0 Å². The molecular formula is C8H6F2N4O2. The van der Waals surface area contributed by atoms with Crippen molar-refractivity contribution in [1.82, 2.24) is 4.98 Å². The summed E-state index contributed by atoms with van der Waals surface area (Å²) in [6.45, 7) is -0.265. The fourth-order valence-electron chi connectivity index (χ4n) is 1.21. The van der Waals surface area contributed by atoms with E-state index in [4.69, 9.17) is 11.0 Å². The van der Waals surface area contributed by atoms with Gasteiger partial charge in [-0.25, -0.2) is 8.78 Å². The Kier molecular flexibility index (Phi) is 3.42. The SMILES string of the molecule is N#Cc1c([N+](=O)[O-])ncc(CN)c1C(F)F. The van der Waals surface area contributed by atoms with Crippen molar-refractivity contribution >= 4 is 5.82 Å². The largest absolute Gasteiger partial charge is 0.381 e. The molecule has 0 amide bonds. The molecule has 1 rings (SSSR count). The highest BCUT2D eigenvalue weighted by Crippen LogP contribution is 2.30. The summed E-state index contributed by atoms with van der Waals surface area (Å²) in [6, 6.07) is 1.36. The van der Waals surface area contributed by atoms with Crippen molar-refractivity contribution in [3.05, 3.63) is 33.0 Å². The Morgan fingerprint density at radius 3 is 2.69 bits per heavy atom. The van der Waals surface area contributed by atoms with Gasteiger partial charge in [0.2, 0.25) is 0 Å². The molecule has 0 aliphatic rings. The van der Waals surface area contributed by atoms with Crippen LogP contribution in [0.2, 0.25) is 0 Å². The van der Waals surface area contributed by atoms with Crippen LogP contribution in [0.4, 0.5) is 14.6 Å². The molecule has 84 valence electrons. The molecule has 0 bridgehead atoms. The highest BCUT2D eigenvalue weighted by Gasteiger charge is 2.27. The first kappa shape index (κ1) is 11.9. The number of alkyl halides is 2. The number of halogens is 2. The minimum Gasteiger partial charge on any atom is -0.358 e. The standard InChI is InChI=1S/C8H6F2N4O2/c9-7(10)6-4(1-11)3-13-8(14(15)16)5(6)2-12/h3,7H,1,11H2. The molecule has 1 aromatic rings. The quantitative estimate of drug-likeness (QED) is 0.619. The molecule has 0 saturated heterocycles. The topological polar surface area (TPSA) is 106 Å². The predicted molar refractivity (Wildman–Crippen MR) is 48.5 cm³/mol. The lowest BCUT2D eigenvalue weighted by atomic mass is 10.0. The number of nitrogens with two attached hydrogens (primary N) is 1. The number of pyridine rings is 1. The van der Waals surface area contributed by atoms with E-state index in [0.717, 1.165) is 6.20 Å². The Morgan fingerprint density at radius 2 is 2.31 bits per heavy atom. The number of aromatic nitrogens is 1. The molecule has 16 heavy (non-hydrogen) atoms. The van der Waals surface area contributed by atoms with Crippen LogP contribution >= 0.6 is 0 Å². The summed E-state index contributed by atoms with van der Waals surface area (Å²) in [5, 5.41) is 19.1. The van der Waals surface area contributed by atoms with E-state index in [1.807, 2.05) is 0 Å². The minimum absolute atomic E-state index is 0.0721. The number of hydrogen-bond donors (Lipinski definition) is 1. The van der Waals surface area contributed by atoms with Crippen molar-refractivity contribution in [3.8, 4) is 6.07 Å². The van der Waals surface area contributed by atoms with Crippen molar-refractivity contribution in [3.63, 3.8) is 0 Å². The average molecular weight is 228 g/mol. The van der Waals surface area contributed by atoms with Crippen molar-refractivity contribution < 1.29 is 13.7 Å². The monoisotopic (exact) mass is 228 g/mol. The summed E-state index contributed by atoms with van der Waals surface area (Å²) in [5.41, 5.74) is 3.66. The molecule has 0 aliphatic carbocycles. The lowest BCUT2D eigenvalue weighted by molar-refractivity contribution is -0.389. The van der Waals surface area contributed by atoms with Gasteiger partial charge >= 0.3 is 5.82 Å². The van der Waals surface area contributed by atoms with E-state index in [2.05, 4.69) is 4.98 Å². The zero-order valence-electron chi connectivity index (χ0n) is 7.85. The van der Waals surface area contributed by atoms with Crippen LogP contribution < -0.4 is 5.73 Å². The van der Waals surface area contributed by atoms with Crippen LogP contribution in [0.15, 0.2) is 6.20 Å². The second-order valence-corrected chi connectivity index (χ2v) is 2.77. The lowest BCUT2D eigenvalue weighted by Gasteiger charge is -2.06. The van der Waals surface area contributed by atoms with Crippen LogP contribution in [0.1, 0.15) is 23.1 Å². The smallest absolute Gasteiger partial charge is 0.358 e. The lowest BCUT2D eigenvalue weighted by Crippen LogP contribution is -2.08. The van der Waals surface area contributed by atoms with Gasteiger partial charge in [-0.1, -0.05) is 0 Å². The van der Waals surface area contributed by atoms with Crippen LogP contribution in [0.3, 0.4) is 0 Å². The third kappa shape index (κ3) is 1.94. The van der Waals surface area contributed by atoms with Gasteiger partial charge < -0.3 is 15.8 Å². The number of rotatable bonds is 3. The molecule has 2 N–H and O–H groups in total. The van der Waals surface area contributed by atoms with Crippen molar-refractivity contribution in [1.29, 1.82) is 5.26 Å². The highest BCUT2D eigenvalue weighted by molar-refractivity contribution is 5.52. The first-order valence-corrected chi connectivity index (χ1v) is 4.07. The summed E-state index contributed by atoms with van der Waals surface area (Å²) < 4.78 is 25.3. The van der Waals surface area contributed by atoms with E-state index in [0.29, 0.717) is 0 Å². The summed E-state index contributed by atoms with van der Waals surface area (Å²) in [4.78, 5) is 12.8. The molecule has 0 atom stereocenters. The molecule has 0 aromatic carbocycles. The number of nitro groups is 1. The molecular weight excluding hydrogens is 222 g/mol. The predicted octanol–water partition coefficient (Wildman–Crippen LogP) is 1.26. The van der Waals surface area contributed by atoms with Crippen molar-refractivity contribution in [2.75, 3.05) is 0 Å². The third-order valence-electron chi connectivity index (χ3n) is 1.90. The molecule has 1 aromatic heterocycles. The molecule has 0 fully saturated rings. The van der Waals surface area contributed by atoms with Crippen LogP contribution in [0.5, 0.6) is 0 Å². The normalized spacial score (nSPS) is 10.2. The molecule has 0 radical (unpaired) electrons. The summed E-state index contributed by atoms with van der Waals surface area (Å²) >= 11 is 0. The van der Waals surface area contributed by atoms with Gasteiger partial charge in [0.05, 0.1) is 5.56 Å². The third-order valence-corrected chi connectivity index (χ3v) is 1.90. The van der Waals surface area contributed by atoms with E-state index in [1.165, 1.54) is 6.07 Å². The van der Waals surface area contributed by atoms with E-state index in [9.17, 15) is 18.9 Å². The molecule has 0 aliphatic heterocycles. The van der Waals surface area contributed by atoms with Crippen molar-refractivity contribution in [2.24, 2.45) is 5.73 Å². The fourth-order valence-corrected chi connectivity index (χ4v) is 1.21. The van der Waals surface area contributed by atoms with Crippen LogP contribution in [0, 0.1) is 21.4 Å². The number of nitrogens with zero attached hydrogens (tertiary/aromatic N) is 3. The van der Waals surface area contributed by atoms with E-state index in [-0.39, 0.29) is 12.1 Å². The molecule has 1 heterocycles. The van der Waals surface area contributed by atoms with Gasteiger partial charge in [-0.3, -0.25) is 0 Å². The summed E-state index contributed by atoms with van der Waals surface area (Å²) in [7, 11) is 0. The Hall–Kier alpha value is -2.14. The molecule has 0 unspecified atom stereocenters. The van der Waals surface area contributed by atoms with Crippen LogP contribution in [0.25, 0.3) is 0 Å². The van der Waals surface area contributed by atoms with Gasteiger partial charge in [-0.2, -0.15) is 5.26 Å². The second kappa shape index (κ2) is 4.59. The zero-order chi connectivity index (χ0) is 12.3. The Morgan fingerprint density at radius 1 is 1.69 bits per heavy atom. The van der Waals surface area contributed by atoms with E-state index < -0.39 is 28.3 Å². The van der Waals surface area contributed by atoms with E-state index >= 15 is 0 Å². The van der Waals surface area contributed by atoms with Crippen LogP contribution in [-0.2, 0) is 6.54 Å². The van der Waals surface area contributed by atoms with Gasteiger partial charge in [0, 0.05) is 12.1 Å². The molecule has 6 nitrogen and oxygen atoms in total. The average Bonchev–Trinajstić information content (AvgIpc) is 2.26. The Bertz CT molecular complexity index is 470. The van der Waals surface area contributed by atoms with Gasteiger partial charge in [0.25, 0.3) is 6.43 Å². The number of hydrogen-bond acceptors (Lipinski definition) is 5. The first-order chi connectivity index (χ1) is 7.52. The van der Waals surface area contributed by atoms with Crippen molar-refractivity contribution in [2.45, 2.75) is 13.0 Å². The maximum Gasteiger partial charge on any atom is 0.381 e. The highest BCUT2D eigenvalue weighted by atomic mass is 19.3. The first-order valence-electron chi connectivity index (χ1n) is 4.07. The summed E-state index contributed by atoms with van der Waals surface area (Å²) in [5.74, 6) is -0.880. The molecule has 0 spiro atoms. The maximum atomic E-state index is 12.6. The van der Waals surface area contributed by atoms with Crippen LogP contribution in [-0.4, -0.2) is 9.91 Å². The van der Waals surface area contributed by atoms with Gasteiger partial charge in [0.1, 0.15) is 12.3 Å². The molecule has 8 heteroatoms. The second-order valence-electron chi connectivity index (χ2n) is 2.77. The minimum atomic E-state index is -3.00. The Labute approximate surface area is 88.5 Å². The zero-order valence-corrected chi connectivity index (χ0v) is 7.85. The maximum absolute atomic E-state index is 12.6. The molecule has 0 saturated carbocycles. The van der Waals surface area contributed by atoms with Gasteiger partial charge in [0.15, 0.2) is 5.56 Å². The Balaban J connectivity index is 3.58. The van der Waals surface area contributed by atoms with Gasteiger partial charge in [-0.15, -0.1) is 0 Å². The number of nitriles is 1. The fraction of sp³-hybridized carbons (Fsp3) is 0.250. The summed E-state index contributed by atoms with van der Waals surface area (Å²) in [6.07, 6.45) is -2.12.